The van der Waals surface area contributed by atoms with E-state index < -0.39 is 52.7 Å². The van der Waals surface area contributed by atoms with Crippen LogP contribution in [0.3, 0.4) is 0 Å². The molecule has 0 bridgehead atoms. The molecule has 37 heteroatoms. The van der Waals surface area contributed by atoms with Crippen molar-refractivity contribution >= 4 is 220 Å². The molecular formula is C71H62N5O21PS10. The summed E-state index contributed by atoms with van der Waals surface area (Å²) in [4.78, 5) is 102. The van der Waals surface area contributed by atoms with Crippen molar-refractivity contribution in [1.29, 1.82) is 0 Å². The summed E-state index contributed by atoms with van der Waals surface area (Å²) in [5, 5.41) is 15.6. The van der Waals surface area contributed by atoms with Crippen molar-refractivity contribution in [3.8, 4) is 0 Å². The minimum atomic E-state index is -4.32. The van der Waals surface area contributed by atoms with Gasteiger partial charge >= 0.3 is 6.80 Å². The van der Waals surface area contributed by atoms with E-state index in [1.165, 1.54) is 130 Å². The molecule has 562 valence electrons. The highest BCUT2D eigenvalue weighted by Gasteiger charge is 2.27. The van der Waals surface area contributed by atoms with E-state index in [1.807, 2.05) is 29.6 Å². The van der Waals surface area contributed by atoms with Gasteiger partial charge in [-0.3, -0.25) is 57.0 Å². The Kier molecular flexibility index (Phi) is 28.3. The number of carbonyl (C=O) groups is 7. The third-order valence-electron chi connectivity index (χ3n) is 14.8. The van der Waals surface area contributed by atoms with Crippen LogP contribution in [0.5, 0.6) is 0 Å². The number of thiophene rings is 2. The zero-order valence-electron chi connectivity index (χ0n) is 56.6. The Morgan fingerprint density at radius 3 is 1.49 bits per heavy atom. The van der Waals surface area contributed by atoms with Crippen LogP contribution >= 0.6 is 76.1 Å². The second-order valence-electron chi connectivity index (χ2n) is 22.5. The molecule has 0 saturated heterocycles. The first-order valence-corrected chi connectivity index (χ1v) is 45.1. The lowest BCUT2D eigenvalue weighted by Gasteiger charge is -2.23. The fourth-order valence-corrected chi connectivity index (χ4v) is 19.2. The molecule has 0 aliphatic rings. The maximum absolute atomic E-state index is 13.1. The van der Waals surface area contributed by atoms with Crippen molar-refractivity contribution in [3.63, 3.8) is 0 Å². The SMILES string of the molecule is CC(=O)SCC(=O)c1ccc(S(=O)(=O)N(CCO)c2ccc3occc3c2)cn1.CC(=O)SCC(=O)c1ccc(S(=O)(=O)Nc2ccc3occc3c2)cc1.CC(=O)SCC(=O)c1ccc(S(=O)(=O)Nc2ccc3sccc3c2)cc1.O=C(CSP(=O)(O)O)c1ccc(NS(=O)(=O)c2csc3ccccc23)cc1. The summed E-state index contributed by atoms with van der Waals surface area (Å²) in [7, 11) is -15.4. The van der Waals surface area contributed by atoms with Crippen molar-refractivity contribution in [2.24, 2.45) is 0 Å². The molecule has 0 atom stereocenters. The first kappa shape index (κ1) is 82.9. The number of sulfonamides is 4. The van der Waals surface area contributed by atoms with Crippen molar-refractivity contribution in [3.05, 3.63) is 234 Å². The standard InChI is InChI=1S/C19H18N2O6S2.C18H15NO5S2.C18H15NO4S3.C16H14NO6PS3/c1-13(23)28-12-18(24)17-4-3-16(11-20-17)29(25,26)21(7-8-22)15-2-5-19-14(10-15)6-9-27-19;2*1-12(20)25-11-17(21)13-2-5-16(6-3-13)26(22,23)19-15-4-7-18-14(10-15)8-9-24-18;18-14(9-26-24(19,20)21)11-5-7-12(8-6-11)17-27(22,23)16-10-25-15-4-2-1-3-13(15)16/h2-6,9-11,22H,7-8,12H2,1H3;2*2-10,19H,11H2,1H3;1-8,10,17H,9H2,(H2,19,20,21). The van der Waals surface area contributed by atoms with E-state index in [-0.39, 0.29) is 117 Å². The Hall–Kier alpha value is -9.11. The highest BCUT2D eigenvalue weighted by atomic mass is 32.7. The first-order valence-electron chi connectivity index (χ1n) is 31.3. The fourth-order valence-electron chi connectivity index (χ4n) is 9.61. The summed E-state index contributed by atoms with van der Waals surface area (Å²) in [6, 6.07) is 47.4. The second-order valence-corrected chi connectivity index (χ2v) is 38.4. The number of anilines is 4. The highest BCUT2D eigenvalue weighted by molar-refractivity contribution is 8.54. The molecule has 0 aliphatic heterocycles. The first-order chi connectivity index (χ1) is 51.2. The minimum Gasteiger partial charge on any atom is -0.464 e. The van der Waals surface area contributed by atoms with Gasteiger partial charge in [-0.2, -0.15) is 0 Å². The Morgan fingerprint density at radius 2 is 0.963 bits per heavy atom. The van der Waals surface area contributed by atoms with Crippen LogP contribution in [-0.4, -0.2) is 128 Å². The molecule has 0 saturated carbocycles. The number of fused-ring (bicyclic) bond motifs is 4. The summed E-state index contributed by atoms with van der Waals surface area (Å²) >= 11 is 5.89. The number of aliphatic hydroxyl groups is 1. The number of nitrogens with zero attached hydrogens (tertiary/aromatic N) is 2. The quantitative estimate of drug-likeness (QED) is 0.0206. The highest BCUT2D eigenvalue weighted by Crippen LogP contribution is 2.50. The van der Waals surface area contributed by atoms with Gasteiger partial charge in [0.15, 0.2) is 38.5 Å². The number of nitrogens with one attached hydrogen (secondary N) is 3. The number of ketones is 4. The number of hydrogen-bond acceptors (Lipinski definition) is 26. The van der Waals surface area contributed by atoms with E-state index in [1.54, 1.807) is 89.5 Å². The van der Waals surface area contributed by atoms with Gasteiger partial charge in [0.2, 0.25) is 0 Å². The molecule has 6 N–H and O–H groups in total. The minimum absolute atomic E-state index is 0.0321. The third kappa shape index (κ3) is 23.0. The lowest BCUT2D eigenvalue weighted by atomic mass is 10.1. The smallest absolute Gasteiger partial charge is 0.384 e. The van der Waals surface area contributed by atoms with E-state index >= 15 is 0 Å². The van der Waals surface area contributed by atoms with Crippen LogP contribution in [0.1, 0.15) is 62.3 Å². The number of thioether (sulfide) groups is 3. The largest absolute Gasteiger partial charge is 0.464 e. The van der Waals surface area contributed by atoms with E-state index in [0.717, 1.165) is 71.3 Å². The topological polar surface area (TPSA) is 412 Å². The summed E-state index contributed by atoms with van der Waals surface area (Å²) in [6.45, 7) is -0.708. The predicted molar refractivity (Wildman–Crippen MR) is 425 cm³/mol. The second kappa shape index (κ2) is 36.9. The lowest BCUT2D eigenvalue weighted by Crippen LogP contribution is -2.33. The summed E-state index contributed by atoms with van der Waals surface area (Å²) < 4.78 is 133. The van der Waals surface area contributed by atoms with Crippen LogP contribution in [0, 0.1) is 0 Å². The van der Waals surface area contributed by atoms with E-state index in [0.29, 0.717) is 44.7 Å². The fraction of sp³-hybridized carbons (Fsp3) is 0.127. The van der Waals surface area contributed by atoms with Gasteiger partial charge in [0.05, 0.1) is 64.2 Å². The molecule has 26 nitrogen and oxygen atoms in total. The number of rotatable bonds is 27. The monoisotopic (exact) mass is 1670 g/mol. The summed E-state index contributed by atoms with van der Waals surface area (Å²) in [5.74, 6) is -1.62. The molecule has 108 heavy (non-hydrogen) atoms. The molecule has 7 aromatic carbocycles. The molecule has 12 aromatic rings. The number of aliphatic hydroxyl groups excluding tert-OH is 1. The maximum atomic E-state index is 13.1. The van der Waals surface area contributed by atoms with Gasteiger partial charge < -0.3 is 23.7 Å². The summed E-state index contributed by atoms with van der Waals surface area (Å²) in [5.41, 5.74) is 3.87. The number of Topliss-reactive ketones (excluding diaryl/α,β-unsaturated/α-hetero) is 4. The van der Waals surface area contributed by atoms with Crippen LogP contribution in [0.15, 0.2) is 240 Å². The lowest BCUT2D eigenvalue weighted by molar-refractivity contribution is -0.109. The molecule has 0 amide bonds. The van der Waals surface area contributed by atoms with Crippen molar-refractivity contribution < 1.29 is 95.5 Å². The number of pyridine rings is 1. The average molecular weight is 1670 g/mol. The van der Waals surface area contributed by atoms with E-state index in [9.17, 15) is 76.9 Å². The molecule has 12 rings (SSSR count). The molecule has 0 unspecified atom stereocenters. The van der Waals surface area contributed by atoms with Crippen LogP contribution in [0.25, 0.3) is 42.1 Å². The molecular weight excluding hydrogens is 1610 g/mol. The van der Waals surface area contributed by atoms with Crippen LogP contribution < -0.4 is 18.5 Å². The Labute approximate surface area is 643 Å². The van der Waals surface area contributed by atoms with Gasteiger partial charge in [0, 0.05) is 91.7 Å². The van der Waals surface area contributed by atoms with E-state index in [4.69, 9.17) is 18.6 Å². The van der Waals surface area contributed by atoms with Crippen molar-refractivity contribution in [1.82, 2.24) is 4.98 Å². The molecule has 5 aromatic heterocycles. The number of benzene rings is 7. The Balaban J connectivity index is 0.000000166. The van der Waals surface area contributed by atoms with Gasteiger partial charge in [-0.15, -0.1) is 22.7 Å². The molecule has 0 radical (unpaired) electrons. The van der Waals surface area contributed by atoms with Crippen LogP contribution in [0.4, 0.5) is 22.7 Å². The van der Waals surface area contributed by atoms with Crippen molar-refractivity contribution in [2.75, 3.05) is 54.6 Å². The average Bonchev–Trinajstić information content (AvgIpc) is 1.30. The molecule has 5 heterocycles. The maximum Gasteiger partial charge on any atom is 0.384 e. The zero-order valence-corrected chi connectivity index (χ0v) is 65.6. The van der Waals surface area contributed by atoms with Gasteiger partial charge in [-0.1, -0.05) is 77.8 Å². The van der Waals surface area contributed by atoms with Gasteiger partial charge in [0.25, 0.3) is 40.1 Å². The van der Waals surface area contributed by atoms with Crippen LogP contribution in [-0.2, 0) is 59.0 Å². The van der Waals surface area contributed by atoms with E-state index in [2.05, 4.69) is 19.2 Å². The Bertz CT molecular complexity index is 5670. The number of hydrogen-bond donors (Lipinski definition) is 6. The molecule has 0 fully saturated rings. The Morgan fingerprint density at radius 1 is 0.491 bits per heavy atom. The molecule has 0 aliphatic carbocycles. The normalized spacial score (nSPS) is 11.6. The third-order valence-corrected chi connectivity index (χ3v) is 27.4. The molecule has 0 spiro atoms. The number of carbonyl (C=O) groups excluding carboxylic acids is 7. The van der Waals surface area contributed by atoms with Gasteiger partial charge in [-0.05, 0) is 162 Å². The number of furan rings is 2. The van der Waals surface area contributed by atoms with Gasteiger partial charge in [-0.25, -0.2) is 38.2 Å². The van der Waals surface area contributed by atoms with Crippen molar-refractivity contribution in [2.45, 2.75) is 40.4 Å². The zero-order chi connectivity index (χ0) is 78.1. The van der Waals surface area contributed by atoms with Gasteiger partial charge in [0.1, 0.15) is 26.7 Å². The number of aromatic nitrogens is 1. The predicted octanol–water partition coefficient (Wildman–Crippen LogP) is 14.0. The van der Waals surface area contributed by atoms with Crippen LogP contribution in [0.2, 0.25) is 0 Å². The summed E-state index contributed by atoms with van der Waals surface area (Å²) in [6.07, 6.45) is 4.13.